The molecule has 0 bridgehead atoms. The van der Waals surface area contributed by atoms with E-state index in [2.05, 4.69) is 30.9 Å². The number of hydrogen-bond acceptors (Lipinski definition) is 5. The number of carbonyl (C=O) groups is 1. The van der Waals surface area contributed by atoms with Crippen LogP contribution in [0.4, 0.5) is 4.79 Å². The van der Waals surface area contributed by atoms with Gasteiger partial charge in [-0.25, -0.2) is 14.8 Å². The Morgan fingerprint density at radius 1 is 1.16 bits per heavy atom. The van der Waals surface area contributed by atoms with Crippen molar-refractivity contribution in [2.24, 2.45) is 4.99 Å². The maximum absolute atomic E-state index is 12.0. The van der Waals surface area contributed by atoms with Crippen molar-refractivity contribution in [2.75, 3.05) is 13.6 Å². The number of aromatic nitrogens is 3. The molecular formula is C21H34IN7O2. The van der Waals surface area contributed by atoms with Gasteiger partial charge in [-0.15, -0.1) is 24.0 Å². The number of halogens is 1. The van der Waals surface area contributed by atoms with E-state index in [0.29, 0.717) is 19.0 Å². The molecule has 1 amide bonds. The molecule has 0 radical (unpaired) electrons. The first-order valence-electron chi connectivity index (χ1n) is 9.90. The Morgan fingerprint density at radius 3 is 2.39 bits per heavy atom. The van der Waals surface area contributed by atoms with E-state index in [1.165, 1.54) is 0 Å². The van der Waals surface area contributed by atoms with Crippen LogP contribution in [0, 0.1) is 6.92 Å². The molecule has 0 unspecified atom stereocenters. The number of hydrogen-bond donors (Lipinski definition) is 3. The summed E-state index contributed by atoms with van der Waals surface area (Å²) in [6.45, 7) is 12.3. The number of pyridine rings is 1. The number of nitrogens with one attached hydrogen (secondary N) is 3. The van der Waals surface area contributed by atoms with Crippen LogP contribution in [0.3, 0.4) is 0 Å². The Morgan fingerprint density at radius 2 is 1.87 bits per heavy atom. The van der Waals surface area contributed by atoms with Crippen molar-refractivity contribution in [3.8, 4) is 5.82 Å². The minimum atomic E-state index is -0.536. The Hall–Kier alpha value is -2.37. The highest BCUT2D eigenvalue weighted by Crippen LogP contribution is 2.10. The smallest absolute Gasteiger partial charge is 0.408 e. The van der Waals surface area contributed by atoms with Gasteiger partial charge in [-0.3, -0.25) is 9.56 Å². The first-order valence-corrected chi connectivity index (χ1v) is 9.90. The lowest BCUT2D eigenvalue weighted by molar-refractivity contribution is 0.0474. The molecule has 0 spiro atoms. The first kappa shape index (κ1) is 26.7. The minimum Gasteiger partial charge on any atom is -0.444 e. The predicted molar refractivity (Wildman–Crippen MR) is 133 cm³/mol. The SMILES string of the molecule is CN=C(NCc1ccc(-n2ccnc2C)nc1)NCC(C)(C)NC(=O)OC(C)(C)C.I. The molecule has 0 fully saturated rings. The van der Waals surface area contributed by atoms with E-state index >= 15 is 0 Å². The fourth-order valence-corrected chi connectivity index (χ4v) is 2.62. The minimum absolute atomic E-state index is 0. The van der Waals surface area contributed by atoms with Crippen molar-refractivity contribution in [2.45, 2.75) is 59.2 Å². The van der Waals surface area contributed by atoms with E-state index in [1.54, 1.807) is 13.2 Å². The molecular weight excluding hydrogens is 509 g/mol. The molecule has 172 valence electrons. The van der Waals surface area contributed by atoms with Crippen LogP contribution < -0.4 is 16.0 Å². The fourth-order valence-electron chi connectivity index (χ4n) is 2.62. The summed E-state index contributed by atoms with van der Waals surface area (Å²) in [6, 6.07) is 3.96. The maximum atomic E-state index is 12.0. The Labute approximate surface area is 201 Å². The van der Waals surface area contributed by atoms with Crippen molar-refractivity contribution in [1.29, 1.82) is 0 Å². The van der Waals surface area contributed by atoms with E-state index in [9.17, 15) is 4.79 Å². The van der Waals surface area contributed by atoms with Crippen molar-refractivity contribution in [3.05, 3.63) is 42.1 Å². The molecule has 0 aliphatic carbocycles. The van der Waals surface area contributed by atoms with Crippen LogP contribution in [-0.2, 0) is 11.3 Å². The van der Waals surface area contributed by atoms with Crippen LogP contribution in [0.25, 0.3) is 5.82 Å². The Balaban J connectivity index is 0.00000480. The Kier molecular flexibility index (Phi) is 9.72. The number of aryl methyl sites for hydroxylation is 1. The zero-order chi connectivity index (χ0) is 22.4. The number of imidazole rings is 1. The van der Waals surface area contributed by atoms with E-state index in [0.717, 1.165) is 17.2 Å². The summed E-state index contributed by atoms with van der Waals surface area (Å²) in [7, 11) is 1.70. The van der Waals surface area contributed by atoms with Gasteiger partial charge in [0.05, 0.1) is 5.54 Å². The molecule has 0 aromatic carbocycles. The van der Waals surface area contributed by atoms with E-state index in [4.69, 9.17) is 4.74 Å². The van der Waals surface area contributed by atoms with Gasteiger partial charge in [-0.1, -0.05) is 6.07 Å². The van der Waals surface area contributed by atoms with Gasteiger partial charge >= 0.3 is 6.09 Å². The highest BCUT2D eigenvalue weighted by atomic mass is 127. The number of guanidine groups is 1. The molecule has 0 atom stereocenters. The fraction of sp³-hybridized carbons (Fsp3) is 0.524. The van der Waals surface area contributed by atoms with Crippen molar-refractivity contribution in [1.82, 2.24) is 30.5 Å². The number of alkyl carbamates (subject to hydrolysis) is 1. The zero-order valence-electron chi connectivity index (χ0n) is 19.3. The average molecular weight is 543 g/mol. The Bertz CT molecular complexity index is 871. The third-order valence-corrected chi connectivity index (χ3v) is 4.10. The van der Waals surface area contributed by atoms with E-state index in [-0.39, 0.29) is 24.0 Å². The molecule has 2 aromatic heterocycles. The lowest BCUT2D eigenvalue weighted by Gasteiger charge is -2.29. The number of ether oxygens (including phenoxy) is 1. The third-order valence-electron chi connectivity index (χ3n) is 4.10. The predicted octanol–water partition coefficient (Wildman–Crippen LogP) is 3.16. The second-order valence-electron chi connectivity index (χ2n) is 8.66. The van der Waals surface area contributed by atoms with Gasteiger partial charge in [-0.2, -0.15) is 0 Å². The topological polar surface area (TPSA) is 105 Å². The van der Waals surface area contributed by atoms with Gasteiger partial charge in [-0.05, 0) is 53.2 Å². The largest absolute Gasteiger partial charge is 0.444 e. The van der Waals surface area contributed by atoms with Crippen LogP contribution in [-0.4, -0.2) is 51.3 Å². The van der Waals surface area contributed by atoms with Crippen LogP contribution in [0.5, 0.6) is 0 Å². The first-order chi connectivity index (χ1) is 14.0. The van der Waals surface area contributed by atoms with Gasteiger partial charge in [0, 0.05) is 38.7 Å². The zero-order valence-corrected chi connectivity index (χ0v) is 21.6. The molecule has 0 aliphatic rings. The molecule has 2 aromatic rings. The molecule has 2 heterocycles. The molecule has 3 N–H and O–H groups in total. The van der Waals surface area contributed by atoms with E-state index < -0.39 is 17.2 Å². The molecule has 0 saturated carbocycles. The maximum Gasteiger partial charge on any atom is 0.408 e. The highest BCUT2D eigenvalue weighted by Gasteiger charge is 2.24. The van der Waals surface area contributed by atoms with Gasteiger partial charge in [0.1, 0.15) is 17.2 Å². The summed E-state index contributed by atoms with van der Waals surface area (Å²) in [5.41, 5.74) is -0.0393. The van der Waals surface area contributed by atoms with Crippen LogP contribution in [0.15, 0.2) is 35.7 Å². The quantitative estimate of drug-likeness (QED) is 0.294. The van der Waals surface area contributed by atoms with Crippen molar-refractivity contribution in [3.63, 3.8) is 0 Å². The molecule has 10 heteroatoms. The summed E-state index contributed by atoms with van der Waals surface area (Å²) < 4.78 is 7.25. The summed E-state index contributed by atoms with van der Waals surface area (Å²) in [4.78, 5) is 25.0. The molecule has 9 nitrogen and oxygen atoms in total. The second kappa shape index (κ2) is 11.3. The third kappa shape index (κ3) is 9.11. The van der Waals surface area contributed by atoms with Crippen LogP contribution in [0.1, 0.15) is 46.0 Å². The number of carbonyl (C=O) groups excluding carboxylic acids is 1. The van der Waals surface area contributed by atoms with Crippen LogP contribution >= 0.6 is 24.0 Å². The molecule has 2 rings (SSSR count). The molecule has 0 aliphatic heterocycles. The lowest BCUT2D eigenvalue weighted by atomic mass is 10.1. The summed E-state index contributed by atoms with van der Waals surface area (Å²) in [5, 5.41) is 9.34. The monoisotopic (exact) mass is 543 g/mol. The number of nitrogens with zero attached hydrogens (tertiary/aromatic N) is 4. The number of amides is 1. The standard InChI is InChI=1S/C21H33N7O2.HI/c1-15-23-10-11-28(15)17-9-8-16(12-24-17)13-25-18(22-7)26-14-21(5,6)27-19(29)30-20(2,3)4;/h8-12H,13-14H2,1-7H3,(H,27,29)(H2,22,25,26);1H. The van der Waals surface area contributed by atoms with Gasteiger partial charge in [0.2, 0.25) is 0 Å². The van der Waals surface area contributed by atoms with Crippen molar-refractivity contribution >= 4 is 36.0 Å². The normalized spacial score (nSPS) is 12.0. The van der Waals surface area contributed by atoms with Gasteiger partial charge in [0.15, 0.2) is 5.96 Å². The second-order valence-corrected chi connectivity index (χ2v) is 8.66. The van der Waals surface area contributed by atoms with Gasteiger partial charge < -0.3 is 20.7 Å². The molecule has 31 heavy (non-hydrogen) atoms. The van der Waals surface area contributed by atoms with Crippen molar-refractivity contribution < 1.29 is 9.53 Å². The summed E-state index contributed by atoms with van der Waals surface area (Å²) >= 11 is 0. The number of rotatable bonds is 6. The van der Waals surface area contributed by atoms with Crippen LogP contribution in [0.2, 0.25) is 0 Å². The van der Waals surface area contributed by atoms with E-state index in [1.807, 2.05) is 70.6 Å². The van der Waals surface area contributed by atoms with Gasteiger partial charge in [0.25, 0.3) is 0 Å². The molecule has 0 saturated heterocycles. The summed E-state index contributed by atoms with van der Waals surface area (Å²) in [6.07, 6.45) is 5.01. The number of aliphatic imine (C=N–C) groups is 1. The average Bonchev–Trinajstić information content (AvgIpc) is 3.06. The highest BCUT2D eigenvalue weighted by molar-refractivity contribution is 14.0. The lowest BCUT2D eigenvalue weighted by Crippen LogP contribution is -2.54. The summed E-state index contributed by atoms with van der Waals surface area (Å²) in [5.74, 6) is 2.34.